The van der Waals surface area contributed by atoms with E-state index in [9.17, 15) is 8.42 Å². The van der Waals surface area contributed by atoms with Crippen molar-refractivity contribution in [1.29, 1.82) is 0 Å². The maximum atomic E-state index is 12.5. The van der Waals surface area contributed by atoms with Crippen LogP contribution in [0.4, 0.5) is 0 Å². The van der Waals surface area contributed by atoms with Crippen molar-refractivity contribution in [1.82, 2.24) is 9.29 Å². The maximum absolute atomic E-state index is 12.5. The molecule has 1 aromatic heterocycles. The van der Waals surface area contributed by atoms with Crippen LogP contribution in [0.1, 0.15) is 17.0 Å². The van der Waals surface area contributed by atoms with Gasteiger partial charge in [-0.15, -0.1) is 0 Å². The highest BCUT2D eigenvalue weighted by Gasteiger charge is 2.15. The summed E-state index contributed by atoms with van der Waals surface area (Å²) in [6.07, 6.45) is 0. The predicted octanol–water partition coefficient (Wildman–Crippen LogP) is 4.34. The summed E-state index contributed by atoms with van der Waals surface area (Å²) < 4.78 is 30.7. The fourth-order valence-corrected chi connectivity index (χ4v) is 4.07. The van der Waals surface area contributed by atoms with Crippen LogP contribution in [0.25, 0.3) is 5.69 Å². The fraction of sp³-hybridized carbons (Fsp3) is 0.158. The number of aromatic nitrogens is 1. The van der Waals surface area contributed by atoms with E-state index in [0.717, 1.165) is 27.1 Å². The number of aryl methyl sites for hydroxylation is 2. The second-order valence-corrected chi connectivity index (χ2v) is 8.54. The second-order valence-electron chi connectivity index (χ2n) is 5.86. The first-order chi connectivity index (χ1) is 11.9. The third-order valence-corrected chi connectivity index (χ3v) is 6.03. The highest BCUT2D eigenvalue weighted by Crippen LogP contribution is 2.21. The van der Waals surface area contributed by atoms with Gasteiger partial charge in [-0.1, -0.05) is 34.1 Å². The van der Waals surface area contributed by atoms with Gasteiger partial charge in [0.1, 0.15) is 0 Å². The number of nitrogens with one attached hydrogen (secondary N) is 1. The van der Waals surface area contributed by atoms with E-state index in [0.29, 0.717) is 0 Å². The number of para-hydroxylation sites is 1. The third-order valence-electron chi connectivity index (χ3n) is 4.08. The molecular weight excluding hydrogens is 400 g/mol. The minimum atomic E-state index is -3.56. The zero-order valence-electron chi connectivity index (χ0n) is 14.0. The van der Waals surface area contributed by atoms with E-state index in [1.807, 2.05) is 38.1 Å². The van der Waals surface area contributed by atoms with E-state index in [1.165, 1.54) is 0 Å². The summed E-state index contributed by atoms with van der Waals surface area (Å²) in [7, 11) is -3.56. The Labute approximate surface area is 156 Å². The molecule has 0 saturated carbocycles. The van der Waals surface area contributed by atoms with Gasteiger partial charge in [-0.25, -0.2) is 13.1 Å². The molecule has 0 atom stereocenters. The molecular formula is C19H19BrN2O2S. The van der Waals surface area contributed by atoms with E-state index in [-0.39, 0.29) is 11.4 Å². The van der Waals surface area contributed by atoms with Crippen LogP contribution in [0.2, 0.25) is 0 Å². The van der Waals surface area contributed by atoms with Crippen LogP contribution in [0.5, 0.6) is 0 Å². The van der Waals surface area contributed by atoms with Gasteiger partial charge in [0.25, 0.3) is 0 Å². The SMILES string of the molecule is Cc1ccc(C)n1-c1ccccc1CNS(=O)(=O)c1ccc(Br)cc1. The summed E-state index contributed by atoms with van der Waals surface area (Å²) in [5.41, 5.74) is 4.13. The van der Waals surface area contributed by atoms with Crippen molar-refractivity contribution in [2.45, 2.75) is 25.3 Å². The molecule has 0 aliphatic heterocycles. The standard InChI is InChI=1S/C19H19BrN2O2S/c1-14-7-8-15(2)22(14)19-6-4-3-5-16(19)13-21-25(23,24)18-11-9-17(20)10-12-18/h3-12,21H,13H2,1-2H3. The Morgan fingerprint density at radius 2 is 1.52 bits per heavy atom. The lowest BCUT2D eigenvalue weighted by Crippen LogP contribution is -2.24. The van der Waals surface area contributed by atoms with Crippen LogP contribution in [0.15, 0.2) is 70.0 Å². The summed E-state index contributed by atoms with van der Waals surface area (Å²) in [4.78, 5) is 0.251. The lowest BCUT2D eigenvalue weighted by Gasteiger charge is -2.15. The molecule has 2 aromatic carbocycles. The van der Waals surface area contributed by atoms with E-state index < -0.39 is 10.0 Å². The van der Waals surface area contributed by atoms with Gasteiger partial charge in [-0.2, -0.15) is 0 Å². The predicted molar refractivity (Wildman–Crippen MR) is 103 cm³/mol. The first kappa shape index (κ1) is 17.9. The molecule has 3 aromatic rings. The number of halogens is 1. The molecule has 0 amide bonds. The van der Waals surface area contributed by atoms with Crippen LogP contribution in [-0.2, 0) is 16.6 Å². The van der Waals surface area contributed by atoms with Crippen molar-refractivity contribution in [2.24, 2.45) is 0 Å². The van der Waals surface area contributed by atoms with Crippen LogP contribution >= 0.6 is 15.9 Å². The first-order valence-electron chi connectivity index (χ1n) is 7.87. The van der Waals surface area contributed by atoms with E-state index in [1.54, 1.807) is 24.3 Å². The summed E-state index contributed by atoms with van der Waals surface area (Å²) in [5, 5.41) is 0. The van der Waals surface area contributed by atoms with Gasteiger partial charge in [0.15, 0.2) is 0 Å². The molecule has 0 bridgehead atoms. The first-order valence-corrected chi connectivity index (χ1v) is 10.1. The van der Waals surface area contributed by atoms with Gasteiger partial charge in [0.2, 0.25) is 10.0 Å². The normalized spacial score (nSPS) is 11.6. The molecule has 130 valence electrons. The number of rotatable bonds is 5. The van der Waals surface area contributed by atoms with Crippen LogP contribution < -0.4 is 4.72 Å². The topological polar surface area (TPSA) is 51.1 Å². The molecule has 0 saturated heterocycles. The van der Waals surface area contributed by atoms with Crippen molar-refractivity contribution in [3.63, 3.8) is 0 Å². The lowest BCUT2D eigenvalue weighted by atomic mass is 10.1. The number of sulfonamides is 1. The Balaban J connectivity index is 1.89. The van der Waals surface area contributed by atoms with Crippen LogP contribution in [-0.4, -0.2) is 13.0 Å². The quantitative estimate of drug-likeness (QED) is 0.669. The molecule has 3 rings (SSSR count). The van der Waals surface area contributed by atoms with Crippen molar-refractivity contribution in [3.05, 3.63) is 82.1 Å². The van der Waals surface area contributed by atoms with Gasteiger partial charge in [0, 0.05) is 28.1 Å². The number of benzene rings is 2. The zero-order chi connectivity index (χ0) is 18.0. The molecule has 0 radical (unpaired) electrons. The zero-order valence-corrected chi connectivity index (χ0v) is 16.4. The summed E-state index contributed by atoms with van der Waals surface area (Å²) in [5.74, 6) is 0. The van der Waals surface area contributed by atoms with Gasteiger partial charge in [-0.05, 0) is 61.9 Å². The van der Waals surface area contributed by atoms with Gasteiger partial charge < -0.3 is 4.57 Å². The minimum absolute atomic E-state index is 0.228. The number of hydrogen-bond acceptors (Lipinski definition) is 2. The summed E-state index contributed by atoms with van der Waals surface area (Å²) in [6, 6.07) is 18.5. The summed E-state index contributed by atoms with van der Waals surface area (Å²) in [6.45, 7) is 4.30. The lowest BCUT2D eigenvalue weighted by molar-refractivity contribution is 0.581. The molecule has 4 nitrogen and oxygen atoms in total. The molecule has 0 aliphatic carbocycles. The van der Waals surface area contributed by atoms with Gasteiger partial charge in [-0.3, -0.25) is 0 Å². The van der Waals surface area contributed by atoms with E-state index in [4.69, 9.17) is 0 Å². The summed E-state index contributed by atoms with van der Waals surface area (Å²) >= 11 is 3.31. The number of hydrogen-bond donors (Lipinski definition) is 1. The molecule has 0 fully saturated rings. The van der Waals surface area contributed by atoms with Crippen LogP contribution in [0, 0.1) is 13.8 Å². The maximum Gasteiger partial charge on any atom is 0.240 e. The van der Waals surface area contributed by atoms with E-state index in [2.05, 4.69) is 37.4 Å². The Hall–Kier alpha value is -1.89. The molecule has 1 N–H and O–H groups in total. The van der Waals surface area contributed by atoms with Crippen molar-refractivity contribution in [2.75, 3.05) is 0 Å². The van der Waals surface area contributed by atoms with E-state index >= 15 is 0 Å². The molecule has 6 heteroatoms. The fourth-order valence-electron chi connectivity index (χ4n) is 2.80. The highest BCUT2D eigenvalue weighted by molar-refractivity contribution is 9.10. The Kier molecular flexibility index (Phi) is 5.13. The Bertz CT molecular complexity index is 973. The Morgan fingerprint density at radius 3 is 2.16 bits per heavy atom. The van der Waals surface area contributed by atoms with Gasteiger partial charge in [0.05, 0.1) is 4.90 Å². The second kappa shape index (κ2) is 7.15. The molecule has 25 heavy (non-hydrogen) atoms. The van der Waals surface area contributed by atoms with Gasteiger partial charge >= 0.3 is 0 Å². The van der Waals surface area contributed by atoms with Crippen molar-refractivity contribution >= 4 is 26.0 Å². The molecule has 0 unspecified atom stereocenters. The van der Waals surface area contributed by atoms with Crippen LogP contribution in [0.3, 0.4) is 0 Å². The Morgan fingerprint density at radius 1 is 0.920 bits per heavy atom. The minimum Gasteiger partial charge on any atom is -0.318 e. The average molecular weight is 419 g/mol. The highest BCUT2D eigenvalue weighted by atomic mass is 79.9. The van der Waals surface area contributed by atoms with Crippen molar-refractivity contribution < 1.29 is 8.42 Å². The molecule has 0 spiro atoms. The average Bonchev–Trinajstić information content (AvgIpc) is 2.92. The smallest absolute Gasteiger partial charge is 0.240 e. The van der Waals surface area contributed by atoms with Crippen molar-refractivity contribution in [3.8, 4) is 5.69 Å². The third kappa shape index (κ3) is 3.86. The molecule has 1 heterocycles. The monoisotopic (exact) mass is 418 g/mol. The molecule has 0 aliphatic rings. The largest absolute Gasteiger partial charge is 0.318 e. The number of nitrogens with zero attached hydrogens (tertiary/aromatic N) is 1.